The van der Waals surface area contributed by atoms with Gasteiger partial charge in [0.05, 0.1) is 34.6 Å². The molecule has 0 radical (unpaired) electrons. The van der Waals surface area contributed by atoms with Crippen molar-refractivity contribution in [2.45, 2.75) is 45.1 Å². The van der Waals surface area contributed by atoms with Crippen LogP contribution in [0.25, 0.3) is 0 Å². The summed E-state index contributed by atoms with van der Waals surface area (Å²) in [4.78, 5) is 37.0. The Hall–Kier alpha value is -3.37. The van der Waals surface area contributed by atoms with E-state index in [1.165, 1.54) is 11.8 Å². The summed E-state index contributed by atoms with van der Waals surface area (Å²) in [5.74, 6) is -0.370. The van der Waals surface area contributed by atoms with E-state index < -0.39 is 5.97 Å². The van der Waals surface area contributed by atoms with Crippen LogP contribution < -0.4 is 10.6 Å². The molecule has 0 aliphatic heterocycles. The number of benzene rings is 2. The van der Waals surface area contributed by atoms with Crippen LogP contribution in [0.2, 0.25) is 5.02 Å². The Balaban J connectivity index is 1.56. The minimum absolute atomic E-state index is 0.0881. The van der Waals surface area contributed by atoms with Gasteiger partial charge < -0.3 is 19.9 Å². The fourth-order valence-electron chi connectivity index (χ4n) is 3.11. The summed E-state index contributed by atoms with van der Waals surface area (Å²) in [6.45, 7) is 6.20. The highest BCUT2D eigenvalue weighted by Crippen LogP contribution is 2.19. The van der Waals surface area contributed by atoms with Crippen molar-refractivity contribution in [1.82, 2.24) is 20.1 Å². The number of aromatic nitrogens is 3. The number of anilines is 1. The van der Waals surface area contributed by atoms with Crippen LogP contribution in [0.15, 0.2) is 53.7 Å². The average molecular weight is 516 g/mol. The van der Waals surface area contributed by atoms with E-state index in [0.717, 1.165) is 0 Å². The van der Waals surface area contributed by atoms with Gasteiger partial charge in [-0.3, -0.25) is 9.59 Å². The molecule has 3 aromatic rings. The van der Waals surface area contributed by atoms with Crippen LogP contribution in [0.4, 0.5) is 5.69 Å². The number of ether oxygens (including phenoxy) is 1. The lowest BCUT2D eigenvalue weighted by Gasteiger charge is -2.10. The van der Waals surface area contributed by atoms with Crippen LogP contribution in [-0.2, 0) is 22.6 Å². The molecule has 184 valence electrons. The van der Waals surface area contributed by atoms with Gasteiger partial charge in [-0.15, -0.1) is 10.2 Å². The highest BCUT2D eigenvalue weighted by atomic mass is 35.5. The van der Waals surface area contributed by atoms with E-state index in [2.05, 4.69) is 20.8 Å². The van der Waals surface area contributed by atoms with Gasteiger partial charge in [-0.2, -0.15) is 0 Å². The van der Waals surface area contributed by atoms with Gasteiger partial charge in [0.25, 0.3) is 5.91 Å². The first-order chi connectivity index (χ1) is 16.8. The van der Waals surface area contributed by atoms with E-state index in [1.54, 1.807) is 62.4 Å². The molecule has 0 atom stereocenters. The maximum Gasteiger partial charge on any atom is 0.338 e. The van der Waals surface area contributed by atoms with Gasteiger partial charge in [0.15, 0.2) is 11.0 Å². The minimum atomic E-state index is -0.448. The zero-order chi connectivity index (χ0) is 25.4. The number of esters is 1. The van der Waals surface area contributed by atoms with Gasteiger partial charge in [0, 0.05) is 12.2 Å². The molecule has 2 amide bonds. The Bertz CT molecular complexity index is 1210. The van der Waals surface area contributed by atoms with Crippen LogP contribution in [0.3, 0.4) is 0 Å². The Kier molecular flexibility index (Phi) is 9.27. The van der Waals surface area contributed by atoms with Crippen molar-refractivity contribution in [2.75, 3.05) is 11.1 Å². The van der Waals surface area contributed by atoms with Crippen molar-refractivity contribution in [3.8, 4) is 0 Å². The maximum absolute atomic E-state index is 12.5. The van der Waals surface area contributed by atoms with Crippen LogP contribution in [0.1, 0.15) is 47.3 Å². The van der Waals surface area contributed by atoms with Crippen LogP contribution in [0.5, 0.6) is 0 Å². The summed E-state index contributed by atoms with van der Waals surface area (Å²) >= 11 is 7.30. The first-order valence-electron chi connectivity index (χ1n) is 11.0. The van der Waals surface area contributed by atoms with Gasteiger partial charge in [0.1, 0.15) is 0 Å². The number of hydrogen-bond donors (Lipinski definition) is 2. The lowest BCUT2D eigenvalue weighted by atomic mass is 10.2. The first-order valence-corrected chi connectivity index (χ1v) is 12.3. The fourth-order valence-corrected chi connectivity index (χ4v) is 4.15. The molecule has 0 aliphatic carbocycles. The molecular formula is C24H26ClN5O4S. The Morgan fingerprint density at radius 1 is 1.11 bits per heavy atom. The third-order valence-corrected chi connectivity index (χ3v) is 5.99. The first kappa shape index (κ1) is 26.2. The fraction of sp³-hybridized carbons (Fsp3) is 0.292. The van der Waals surface area contributed by atoms with Gasteiger partial charge in [0.2, 0.25) is 5.91 Å². The summed E-state index contributed by atoms with van der Waals surface area (Å²) in [5.41, 5.74) is 1.23. The van der Waals surface area contributed by atoms with E-state index in [0.29, 0.717) is 39.4 Å². The zero-order valence-electron chi connectivity index (χ0n) is 19.6. The lowest BCUT2D eigenvalue weighted by molar-refractivity contribution is -0.113. The quantitative estimate of drug-likeness (QED) is 0.307. The normalized spacial score (nSPS) is 10.8. The average Bonchev–Trinajstić information content (AvgIpc) is 3.23. The second-order valence-electron chi connectivity index (χ2n) is 7.68. The smallest absolute Gasteiger partial charge is 0.338 e. The van der Waals surface area contributed by atoms with E-state index in [9.17, 15) is 14.4 Å². The molecule has 35 heavy (non-hydrogen) atoms. The zero-order valence-corrected chi connectivity index (χ0v) is 21.2. The SMILES string of the molecule is CCn1c(CNC(=O)c2ccccc2Cl)nnc1SCC(=O)Nc1cccc(C(=O)OC(C)C)c1. The van der Waals surface area contributed by atoms with E-state index in [1.807, 2.05) is 11.5 Å². The van der Waals surface area contributed by atoms with Crippen molar-refractivity contribution in [2.24, 2.45) is 0 Å². The molecule has 0 bridgehead atoms. The van der Waals surface area contributed by atoms with Crippen LogP contribution >= 0.6 is 23.4 Å². The molecule has 2 N–H and O–H groups in total. The van der Waals surface area contributed by atoms with Gasteiger partial charge in [-0.05, 0) is 51.1 Å². The molecule has 3 rings (SSSR count). The summed E-state index contributed by atoms with van der Waals surface area (Å²) in [6.07, 6.45) is -0.234. The summed E-state index contributed by atoms with van der Waals surface area (Å²) in [5, 5.41) is 14.8. The van der Waals surface area contributed by atoms with E-state index >= 15 is 0 Å². The highest BCUT2D eigenvalue weighted by Gasteiger charge is 2.16. The van der Waals surface area contributed by atoms with Gasteiger partial charge in [-0.1, -0.05) is 41.6 Å². The molecule has 0 saturated heterocycles. The number of thioether (sulfide) groups is 1. The number of carbonyl (C=O) groups excluding carboxylic acids is 3. The lowest BCUT2D eigenvalue weighted by Crippen LogP contribution is -2.25. The largest absolute Gasteiger partial charge is 0.459 e. The predicted molar refractivity (Wildman–Crippen MR) is 135 cm³/mol. The molecule has 1 heterocycles. The second-order valence-corrected chi connectivity index (χ2v) is 9.03. The molecule has 1 aromatic heterocycles. The van der Waals surface area contributed by atoms with Gasteiger partial charge in [-0.25, -0.2) is 4.79 Å². The third-order valence-electron chi connectivity index (χ3n) is 4.69. The second kappa shape index (κ2) is 12.4. The molecule has 0 spiro atoms. The number of amides is 2. The Labute approximate surface area is 212 Å². The van der Waals surface area contributed by atoms with Crippen molar-refractivity contribution in [3.63, 3.8) is 0 Å². The van der Waals surface area contributed by atoms with Crippen molar-refractivity contribution in [1.29, 1.82) is 0 Å². The van der Waals surface area contributed by atoms with Crippen molar-refractivity contribution >= 4 is 46.8 Å². The molecule has 2 aromatic carbocycles. The van der Waals surface area contributed by atoms with Crippen LogP contribution in [0, 0.1) is 0 Å². The number of halogens is 1. The number of nitrogens with one attached hydrogen (secondary N) is 2. The summed E-state index contributed by atoms with van der Waals surface area (Å²) < 4.78 is 7.02. The molecule has 11 heteroatoms. The van der Waals surface area contributed by atoms with Crippen molar-refractivity contribution in [3.05, 3.63) is 70.5 Å². The summed E-state index contributed by atoms with van der Waals surface area (Å²) in [7, 11) is 0. The number of carbonyl (C=O) groups is 3. The monoisotopic (exact) mass is 515 g/mol. The molecule has 0 saturated carbocycles. The molecule has 0 unspecified atom stereocenters. The number of hydrogen-bond acceptors (Lipinski definition) is 7. The highest BCUT2D eigenvalue weighted by molar-refractivity contribution is 7.99. The van der Waals surface area contributed by atoms with Gasteiger partial charge >= 0.3 is 5.97 Å². The number of nitrogens with zero attached hydrogens (tertiary/aromatic N) is 3. The number of rotatable bonds is 10. The summed E-state index contributed by atoms with van der Waals surface area (Å²) in [6, 6.07) is 13.4. The predicted octanol–water partition coefficient (Wildman–Crippen LogP) is 4.18. The van der Waals surface area contributed by atoms with E-state index in [-0.39, 0.29) is 30.2 Å². The van der Waals surface area contributed by atoms with Crippen molar-refractivity contribution < 1.29 is 19.1 Å². The standard InChI is InChI=1S/C24H26ClN5O4S/c1-4-30-20(13-26-22(32)18-10-5-6-11-19(18)25)28-29-24(30)35-14-21(31)27-17-9-7-8-16(12-17)23(33)34-15(2)3/h5-12,15H,4,13-14H2,1-3H3,(H,26,32)(H,27,31). The minimum Gasteiger partial charge on any atom is -0.459 e. The maximum atomic E-state index is 12.5. The molecular weight excluding hydrogens is 490 g/mol. The molecule has 0 aliphatic rings. The molecule has 0 fully saturated rings. The molecule has 9 nitrogen and oxygen atoms in total. The topological polar surface area (TPSA) is 115 Å². The Morgan fingerprint density at radius 3 is 2.60 bits per heavy atom. The third kappa shape index (κ3) is 7.30. The Morgan fingerprint density at radius 2 is 1.89 bits per heavy atom. The van der Waals surface area contributed by atoms with Crippen LogP contribution in [-0.4, -0.2) is 44.4 Å². The van der Waals surface area contributed by atoms with E-state index in [4.69, 9.17) is 16.3 Å².